The van der Waals surface area contributed by atoms with E-state index in [2.05, 4.69) is 10.1 Å². The molecule has 0 aromatic carbocycles. The van der Waals surface area contributed by atoms with Crippen molar-refractivity contribution in [2.24, 2.45) is 12.8 Å². The van der Waals surface area contributed by atoms with E-state index in [9.17, 15) is 0 Å². The van der Waals surface area contributed by atoms with Gasteiger partial charge in [0.05, 0.1) is 11.3 Å². The molecule has 0 amide bonds. The maximum Gasteiger partial charge on any atom is 0.231 e. The maximum absolute atomic E-state index is 5.73. The molecule has 2 heterocycles. The van der Waals surface area contributed by atoms with Crippen molar-refractivity contribution in [3.05, 3.63) is 35.2 Å². The van der Waals surface area contributed by atoms with Crippen LogP contribution in [0.25, 0.3) is 0 Å². The summed E-state index contributed by atoms with van der Waals surface area (Å²) in [4.78, 5) is 4.57. The van der Waals surface area contributed by atoms with E-state index in [0.29, 0.717) is 17.3 Å². The molecule has 0 aliphatic heterocycles. The Hall–Kier alpha value is -1.95. The molecule has 0 spiro atoms. The van der Waals surface area contributed by atoms with Crippen LogP contribution in [0.5, 0.6) is 11.8 Å². The van der Waals surface area contributed by atoms with Crippen LogP contribution >= 0.6 is 12.2 Å². The monoisotopic (exact) mass is 262 g/mol. The molecule has 2 N–H and O–H groups in total. The van der Waals surface area contributed by atoms with Gasteiger partial charge in [0, 0.05) is 18.8 Å². The fourth-order valence-electron chi connectivity index (χ4n) is 1.58. The lowest BCUT2D eigenvalue weighted by atomic mass is 10.2. The number of rotatable bonds is 3. The van der Waals surface area contributed by atoms with Gasteiger partial charge in [-0.3, -0.25) is 0 Å². The number of nitrogens with two attached hydrogens (primary N) is 1. The first-order valence-electron chi connectivity index (χ1n) is 5.43. The van der Waals surface area contributed by atoms with E-state index >= 15 is 0 Å². The molecule has 0 bridgehead atoms. The van der Waals surface area contributed by atoms with Crippen LogP contribution in [-0.2, 0) is 7.05 Å². The van der Waals surface area contributed by atoms with Gasteiger partial charge in [-0.15, -0.1) is 0 Å². The molecule has 5 nitrogen and oxygen atoms in total. The Morgan fingerprint density at radius 2 is 2.06 bits per heavy atom. The zero-order valence-electron chi connectivity index (χ0n) is 10.5. The lowest BCUT2D eigenvalue weighted by molar-refractivity contribution is 0.414. The van der Waals surface area contributed by atoms with Crippen molar-refractivity contribution in [3.8, 4) is 11.8 Å². The summed E-state index contributed by atoms with van der Waals surface area (Å²) in [6, 6.07) is 5.48. The van der Waals surface area contributed by atoms with Crippen molar-refractivity contribution in [2.45, 2.75) is 13.8 Å². The second kappa shape index (κ2) is 4.73. The molecule has 18 heavy (non-hydrogen) atoms. The van der Waals surface area contributed by atoms with Gasteiger partial charge >= 0.3 is 0 Å². The Balaban J connectivity index is 2.42. The van der Waals surface area contributed by atoms with Gasteiger partial charge in [-0.1, -0.05) is 12.2 Å². The third-order valence-corrected chi connectivity index (χ3v) is 2.65. The number of pyridine rings is 1. The normalized spacial score (nSPS) is 10.4. The highest BCUT2D eigenvalue weighted by molar-refractivity contribution is 7.80. The molecule has 0 saturated carbocycles. The minimum atomic E-state index is 0.261. The first kappa shape index (κ1) is 12.5. The van der Waals surface area contributed by atoms with E-state index in [4.69, 9.17) is 22.7 Å². The summed E-state index contributed by atoms with van der Waals surface area (Å²) in [5, 5.41) is 4.20. The third kappa shape index (κ3) is 2.48. The first-order valence-corrected chi connectivity index (χ1v) is 5.84. The topological polar surface area (TPSA) is 66.0 Å². The standard InChI is InChI=1S/C12H14N4OS/c1-7-4-5-9(11(13)18)12(14-7)17-10-6-8(2)15-16(10)3/h4-6H,1-3H3,(H2,13,18). The van der Waals surface area contributed by atoms with E-state index in [0.717, 1.165) is 11.4 Å². The molecule has 0 atom stereocenters. The number of nitrogens with zero attached hydrogens (tertiary/aromatic N) is 3. The molecule has 2 rings (SSSR count). The van der Waals surface area contributed by atoms with E-state index in [-0.39, 0.29) is 4.99 Å². The van der Waals surface area contributed by atoms with Gasteiger partial charge in [0.1, 0.15) is 4.99 Å². The largest absolute Gasteiger partial charge is 0.420 e. The van der Waals surface area contributed by atoms with E-state index in [1.165, 1.54) is 0 Å². The Morgan fingerprint density at radius 1 is 1.33 bits per heavy atom. The molecular formula is C12H14N4OS. The van der Waals surface area contributed by atoms with Crippen molar-refractivity contribution in [1.29, 1.82) is 0 Å². The van der Waals surface area contributed by atoms with Crippen LogP contribution < -0.4 is 10.5 Å². The van der Waals surface area contributed by atoms with Crippen LogP contribution in [0.15, 0.2) is 18.2 Å². The minimum Gasteiger partial charge on any atom is -0.420 e. The molecule has 0 fully saturated rings. The third-order valence-electron chi connectivity index (χ3n) is 2.43. The predicted octanol–water partition coefficient (Wildman–Crippen LogP) is 1.86. The van der Waals surface area contributed by atoms with Crippen LogP contribution in [0.1, 0.15) is 17.0 Å². The molecule has 0 radical (unpaired) electrons. The molecule has 2 aromatic heterocycles. The predicted molar refractivity (Wildman–Crippen MR) is 72.9 cm³/mol. The molecule has 0 aliphatic rings. The molecule has 6 heteroatoms. The van der Waals surface area contributed by atoms with Crippen molar-refractivity contribution in [3.63, 3.8) is 0 Å². The van der Waals surface area contributed by atoms with E-state index in [1.807, 2.05) is 32.0 Å². The molecule has 94 valence electrons. The second-order valence-electron chi connectivity index (χ2n) is 4.02. The highest BCUT2D eigenvalue weighted by Gasteiger charge is 2.12. The lowest BCUT2D eigenvalue weighted by Gasteiger charge is -2.09. The zero-order valence-corrected chi connectivity index (χ0v) is 11.3. The highest BCUT2D eigenvalue weighted by Crippen LogP contribution is 2.23. The Kier molecular flexibility index (Phi) is 3.29. The average molecular weight is 262 g/mol. The second-order valence-corrected chi connectivity index (χ2v) is 4.46. The molecule has 0 aliphatic carbocycles. The number of aryl methyl sites for hydroxylation is 3. The molecule has 2 aromatic rings. The van der Waals surface area contributed by atoms with E-state index < -0.39 is 0 Å². The summed E-state index contributed by atoms with van der Waals surface area (Å²) in [7, 11) is 1.80. The van der Waals surface area contributed by atoms with Gasteiger partial charge < -0.3 is 10.5 Å². The minimum absolute atomic E-state index is 0.261. The highest BCUT2D eigenvalue weighted by atomic mass is 32.1. The van der Waals surface area contributed by atoms with E-state index in [1.54, 1.807) is 11.7 Å². The van der Waals surface area contributed by atoms with Crippen LogP contribution in [0.2, 0.25) is 0 Å². The smallest absolute Gasteiger partial charge is 0.231 e. The molecule has 0 saturated heterocycles. The fourth-order valence-corrected chi connectivity index (χ4v) is 1.73. The Bertz CT molecular complexity index is 606. The summed E-state index contributed by atoms with van der Waals surface area (Å²) in [5.74, 6) is 1.01. The van der Waals surface area contributed by atoms with Crippen molar-refractivity contribution < 1.29 is 4.74 Å². The number of hydrogen-bond donors (Lipinski definition) is 1. The zero-order chi connectivity index (χ0) is 13.3. The van der Waals surface area contributed by atoms with Crippen molar-refractivity contribution in [2.75, 3.05) is 0 Å². The number of thiocarbonyl (C=S) groups is 1. The fraction of sp³-hybridized carbons (Fsp3) is 0.250. The Morgan fingerprint density at radius 3 is 2.61 bits per heavy atom. The SMILES string of the molecule is Cc1ccc(C(N)=S)c(Oc2cc(C)nn2C)n1. The molecular weight excluding hydrogens is 248 g/mol. The molecule has 0 unspecified atom stereocenters. The Labute approximate surface area is 111 Å². The average Bonchev–Trinajstić information content (AvgIpc) is 2.57. The number of ether oxygens (including phenoxy) is 1. The van der Waals surface area contributed by atoms with Crippen LogP contribution in [0, 0.1) is 13.8 Å². The van der Waals surface area contributed by atoms with Gasteiger partial charge in [0.25, 0.3) is 0 Å². The van der Waals surface area contributed by atoms with Gasteiger partial charge in [0.2, 0.25) is 11.8 Å². The number of hydrogen-bond acceptors (Lipinski definition) is 4. The van der Waals surface area contributed by atoms with Crippen LogP contribution in [0.3, 0.4) is 0 Å². The first-order chi connectivity index (χ1) is 8.47. The maximum atomic E-state index is 5.73. The summed E-state index contributed by atoms with van der Waals surface area (Å²) in [6.07, 6.45) is 0. The van der Waals surface area contributed by atoms with Crippen molar-refractivity contribution in [1.82, 2.24) is 14.8 Å². The summed E-state index contributed by atoms with van der Waals surface area (Å²) < 4.78 is 7.37. The quantitative estimate of drug-likeness (QED) is 0.855. The summed E-state index contributed by atoms with van der Waals surface area (Å²) in [6.45, 7) is 3.77. The lowest BCUT2D eigenvalue weighted by Crippen LogP contribution is -2.12. The summed E-state index contributed by atoms with van der Waals surface area (Å²) in [5.41, 5.74) is 7.98. The van der Waals surface area contributed by atoms with Gasteiger partial charge in [-0.05, 0) is 26.0 Å². The number of aromatic nitrogens is 3. The van der Waals surface area contributed by atoms with Crippen LogP contribution in [0.4, 0.5) is 0 Å². The van der Waals surface area contributed by atoms with Gasteiger partial charge in [-0.2, -0.15) is 5.10 Å². The van der Waals surface area contributed by atoms with Gasteiger partial charge in [0.15, 0.2) is 0 Å². The van der Waals surface area contributed by atoms with Crippen LogP contribution in [-0.4, -0.2) is 19.8 Å². The van der Waals surface area contributed by atoms with Gasteiger partial charge in [-0.25, -0.2) is 9.67 Å². The van der Waals surface area contributed by atoms with Crippen molar-refractivity contribution >= 4 is 17.2 Å². The summed E-state index contributed by atoms with van der Waals surface area (Å²) >= 11 is 4.98.